The molecule has 1 aromatic carbocycles. The third kappa shape index (κ3) is 4.19. The molecular weight excluding hydrogens is 391 g/mol. The number of benzene rings is 1. The van der Waals surface area contributed by atoms with E-state index < -0.39 is 0 Å². The Labute approximate surface area is 168 Å². The summed E-state index contributed by atoms with van der Waals surface area (Å²) in [6.45, 7) is 1.97. The Balaban J connectivity index is 0.00000196. The number of rotatable bonds is 3. The summed E-state index contributed by atoms with van der Waals surface area (Å²) in [5.74, 6) is 0.868. The molecule has 0 bridgehead atoms. The first kappa shape index (κ1) is 19.5. The largest absolute Gasteiger partial charge is 0.344 e. The summed E-state index contributed by atoms with van der Waals surface area (Å²) in [4.78, 5) is 13.9. The van der Waals surface area contributed by atoms with E-state index in [-0.39, 0.29) is 24.4 Å². The van der Waals surface area contributed by atoms with E-state index in [2.05, 4.69) is 15.7 Å². The lowest BCUT2D eigenvalue weighted by molar-refractivity contribution is 0.0928. The van der Waals surface area contributed by atoms with Crippen LogP contribution in [0.1, 0.15) is 47.4 Å². The zero-order chi connectivity index (χ0) is 17.2. The van der Waals surface area contributed by atoms with Gasteiger partial charge >= 0.3 is 0 Å². The van der Waals surface area contributed by atoms with Crippen molar-refractivity contribution < 1.29 is 4.79 Å². The predicted octanol–water partition coefficient (Wildman–Crippen LogP) is 3.85. The lowest BCUT2D eigenvalue weighted by Crippen LogP contribution is -2.33. The van der Waals surface area contributed by atoms with Gasteiger partial charge in [0.2, 0.25) is 0 Å². The maximum Gasteiger partial charge on any atom is 0.272 e. The third-order valence-corrected chi connectivity index (χ3v) is 6.16. The number of fused-ring (bicyclic) bond motifs is 1. The van der Waals surface area contributed by atoms with Gasteiger partial charge in [0.15, 0.2) is 0 Å². The Morgan fingerprint density at radius 1 is 1.35 bits per heavy atom. The highest BCUT2D eigenvalue weighted by atomic mass is 35.5. The van der Waals surface area contributed by atoms with Crippen LogP contribution in [-0.2, 0) is 0 Å². The van der Waals surface area contributed by atoms with Crippen molar-refractivity contribution >= 4 is 41.7 Å². The van der Waals surface area contributed by atoms with Crippen LogP contribution >= 0.6 is 35.8 Å². The minimum Gasteiger partial charge on any atom is -0.344 e. The molecule has 0 radical (unpaired) electrons. The smallest absolute Gasteiger partial charge is 0.272 e. The Kier molecular flexibility index (Phi) is 6.51. The summed E-state index contributed by atoms with van der Waals surface area (Å²) in [7, 11) is 0. The summed E-state index contributed by atoms with van der Waals surface area (Å²) in [5.41, 5.74) is 1.58. The van der Waals surface area contributed by atoms with Crippen molar-refractivity contribution in [2.45, 2.75) is 36.2 Å². The molecule has 1 fully saturated rings. The number of aromatic nitrogens is 2. The first-order valence-electron chi connectivity index (χ1n) is 8.70. The maximum absolute atomic E-state index is 12.7. The standard InChI is InChI=1S/C18H21ClN4OS.ClH/c19-12-3-4-17-14(10-12)15(6-9-25-17)21-18(24)16-5-8-23(22-16)13-2-1-7-20-11-13;/h3-5,8,10,13,15,20H,1-2,6-7,9,11H2,(H,21,24);1H. The van der Waals surface area contributed by atoms with Gasteiger partial charge in [0.05, 0.1) is 12.1 Å². The van der Waals surface area contributed by atoms with Crippen molar-refractivity contribution in [2.24, 2.45) is 0 Å². The van der Waals surface area contributed by atoms with Crippen molar-refractivity contribution in [3.8, 4) is 0 Å². The van der Waals surface area contributed by atoms with Crippen LogP contribution in [0.4, 0.5) is 0 Å². The molecule has 2 aliphatic rings. The molecule has 0 aliphatic carbocycles. The Bertz CT molecular complexity index is 776. The zero-order valence-electron chi connectivity index (χ0n) is 14.3. The van der Waals surface area contributed by atoms with Crippen LogP contribution in [0.15, 0.2) is 35.4 Å². The van der Waals surface area contributed by atoms with Crippen molar-refractivity contribution in [1.29, 1.82) is 0 Å². The van der Waals surface area contributed by atoms with E-state index in [0.29, 0.717) is 16.8 Å². The van der Waals surface area contributed by atoms with Crippen molar-refractivity contribution in [1.82, 2.24) is 20.4 Å². The molecule has 2 aliphatic heterocycles. The van der Waals surface area contributed by atoms with Gasteiger partial charge in [-0.3, -0.25) is 9.48 Å². The van der Waals surface area contributed by atoms with Gasteiger partial charge in [0, 0.05) is 28.4 Å². The second-order valence-electron chi connectivity index (χ2n) is 6.53. The molecule has 4 rings (SSSR count). The average molecular weight is 413 g/mol. The number of hydrogen-bond acceptors (Lipinski definition) is 4. The molecular formula is C18H22Cl2N4OS. The second kappa shape index (κ2) is 8.65. The Morgan fingerprint density at radius 3 is 3.04 bits per heavy atom. The quantitative estimate of drug-likeness (QED) is 0.803. The fourth-order valence-electron chi connectivity index (χ4n) is 3.47. The number of nitrogens with one attached hydrogen (secondary N) is 2. The molecule has 3 heterocycles. The molecule has 0 spiro atoms. The van der Waals surface area contributed by atoms with Gasteiger partial charge < -0.3 is 10.6 Å². The SMILES string of the molecule is Cl.O=C(NC1CCSc2ccc(Cl)cc21)c1ccn(C2CCCNC2)n1. The van der Waals surface area contributed by atoms with Crippen LogP contribution in [0.25, 0.3) is 0 Å². The van der Waals surface area contributed by atoms with E-state index in [4.69, 9.17) is 11.6 Å². The normalized spacial score (nSPS) is 22.2. The molecule has 26 heavy (non-hydrogen) atoms. The zero-order valence-corrected chi connectivity index (χ0v) is 16.7. The average Bonchev–Trinajstić information content (AvgIpc) is 3.13. The van der Waals surface area contributed by atoms with E-state index in [1.807, 2.05) is 40.8 Å². The molecule has 2 unspecified atom stereocenters. The molecule has 2 aromatic rings. The first-order valence-corrected chi connectivity index (χ1v) is 10.1. The molecule has 2 atom stereocenters. The van der Waals surface area contributed by atoms with Gasteiger partial charge in [-0.1, -0.05) is 11.6 Å². The summed E-state index contributed by atoms with van der Waals surface area (Å²) in [6, 6.07) is 8.02. The highest BCUT2D eigenvalue weighted by Gasteiger charge is 2.24. The number of carbonyl (C=O) groups excluding carboxylic acids is 1. The van der Waals surface area contributed by atoms with Crippen LogP contribution < -0.4 is 10.6 Å². The minimum absolute atomic E-state index is 0. The Morgan fingerprint density at radius 2 is 2.23 bits per heavy atom. The highest BCUT2D eigenvalue weighted by molar-refractivity contribution is 7.99. The van der Waals surface area contributed by atoms with E-state index >= 15 is 0 Å². The fraction of sp³-hybridized carbons (Fsp3) is 0.444. The van der Waals surface area contributed by atoms with E-state index in [0.717, 1.165) is 43.7 Å². The molecule has 1 amide bonds. The number of piperidine rings is 1. The number of halogens is 2. The maximum atomic E-state index is 12.7. The Hall–Kier alpha value is -1.21. The van der Waals surface area contributed by atoms with Crippen LogP contribution in [0.5, 0.6) is 0 Å². The number of thioether (sulfide) groups is 1. The molecule has 1 saturated heterocycles. The van der Waals surface area contributed by atoms with E-state index in [9.17, 15) is 4.79 Å². The molecule has 8 heteroatoms. The summed E-state index contributed by atoms with van der Waals surface area (Å²) < 4.78 is 1.92. The topological polar surface area (TPSA) is 59.0 Å². The monoisotopic (exact) mass is 412 g/mol. The number of amides is 1. The van der Waals surface area contributed by atoms with Crippen LogP contribution in [0.2, 0.25) is 5.02 Å². The van der Waals surface area contributed by atoms with Gasteiger partial charge in [0.1, 0.15) is 5.69 Å². The number of carbonyl (C=O) groups is 1. The summed E-state index contributed by atoms with van der Waals surface area (Å²) in [5, 5.41) is 11.7. The fourth-order valence-corrected chi connectivity index (χ4v) is 4.76. The molecule has 5 nitrogen and oxygen atoms in total. The van der Waals surface area contributed by atoms with E-state index in [1.54, 1.807) is 6.07 Å². The van der Waals surface area contributed by atoms with Crippen molar-refractivity contribution in [3.63, 3.8) is 0 Å². The molecule has 1 aromatic heterocycles. The third-order valence-electron chi connectivity index (χ3n) is 4.80. The predicted molar refractivity (Wildman–Crippen MR) is 108 cm³/mol. The van der Waals surface area contributed by atoms with Gasteiger partial charge in [-0.05, 0) is 55.6 Å². The molecule has 2 N–H and O–H groups in total. The van der Waals surface area contributed by atoms with Crippen molar-refractivity contribution in [2.75, 3.05) is 18.8 Å². The van der Waals surface area contributed by atoms with Gasteiger partial charge in [-0.15, -0.1) is 24.2 Å². The molecule has 0 saturated carbocycles. The lowest BCUT2D eigenvalue weighted by Gasteiger charge is -2.26. The van der Waals surface area contributed by atoms with Gasteiger partial charge in [-0.25, -0.2) is 0 Å². The minimum atomic E-state index is -0.120. The van der Waals surface area contributed by atoms with Gasteiger partial charge in [0.25, 0.3) is 5.91 Å². The van der Waals surface area contributed by atoms with E-state index in [1.165, 1.54) is 4.90 Å². The summed E-state index contributed by atoms with van der Waals surface area (Å²) in [6.07, 6.45) is 5.05. The van der Waals surface area contributed by atoms with Gasteiger partial charge in [-0.2, -0.15) is 5.10 Å². The first-order chi connectivity index (χ1) is 12.2. The lowest BCUT2D eigenvalue weighted by atomic mass is 10.0. The summed E-state index contributed by atoms with van der Waals surface area (Å²) >= 11 is 7.95. The van der Waals surface area contributed by atoms with Crippen LogP contribution in [0, 0.1) is 0 Å². The number of hydrogen-bond donors (Lipinski definition) is 2. The second-order valence-corrected chi connectivity index (χ2v) is 8.10. The van der Waals surface area contributed by atoms with Crippen LogP contribution in [0.3, 0.4) is 0 Å². The van der Waals surface area contributed by atoms with Crippen molar-refractivity contribution in [3.05, 3.63) is 46.7 Å². The highest BCUT2D eigenvalue weighted by Crippen LogP contribution is 2.37. The van der Waals surface area contributed by atoms with Crippen LogP contribution in [-0.4, -0.2) is 34.5 Å². The number of nitrogens with zero attached hydrogens (tertiary/aromatic N) is 2. The molecule has 140 valence electrons.